The summed E-state index contributed by atoms with van der Waals surface area (Å²) in [5.74, 6) is 0. The van der Waals surface area contributed by atoms with Crippen LogP contribution >= 0.6 is 0 Å². The lowest BCUT2D eigenvalue weighted by Crippen LogP contribution is -1.88. The molecular weight excluding hydrogens is 326 g/mol. The Morgan fingerprint density at radius 3 is 1.89 bits per heavy atom. The lowest BCUT2D eigenvalue weighted by molar-refractivity contribution is 1.45. The van der Waals surface area contributed by atoms with Crippen molar-refractivity contribution in [2.75, 3.05) is 0 Å². The zero-order chi connectivity index (χ0) is 18.4. The maximum absolute atomic E-state index is 3.68. The summed E-state index contributed by atoms with van der Waals surface area (Å²) in [6.45, 7) is 4.26. The van der Waals surface area contributed by atoms with Crippen LogP contribution in [0.25, 0.3) is 44.1 Å². The van der Waals surface area contributed by atoms with Crippen LogP contribution in [0.2, 0.25) is 0 Å². The first-order valence-corrected chi connectivity index (χ1v) is 9.38. The molecule has 0 saturated heterocycles. The van der Waals surface area contributed by atoms with Gasteiger partial charge in [-0.25, -0.2) is 0 Å². The van der Waals surface area contributed by atoms with E-state index in [9.17, 15) is 0 Å². The molecule has 0 saturated carbocycles. The Morgan fingerprint density at radius 1 is 0.556 bits per heavy atom. The lowest BCUT2D eigenvalue weighted by Gasteiger charge is -2.13. The number of aromatic nitrogens is 1. The van der Waals surface area contributed by atoms with E-state index in [1.54, 1.807) is 0 Å². The SMILES string of the molecule is Cc1ccc(-c2ccc3c([nH]c4ccccc43)c2-c2ccc(C)cc2)cc1. The van der Waals surface area contributed by atoms with Crippen molar-refractivity contribution in [3.8, 4) is 22.3 Å². The third kappa shape index (κ3) is 2.63. The van der Waals surface area contributed by atoms with E-state index in [2.05, 4.69) is 104 Å². The molecular formula is C26H21N. The van der Waals surface area contributed by atoms with Crippen molar-refractivity contribution < 1.29 is 0 Å². The van der Waals surface area contributed by atoms with Crippen LogP contribution in [0.3, 0.4) is 0 Å². The Morgan fingerprint density at radius 2 is 1.19 bits per heavy atom. The normalized spacial score (nSPS) is 11.3. The highest BCUT2D eigenvalue weighted by molar-refractivity contribution is 6.14. The van der Waals surface area contributed by atoms with Gasteiger partial charge in [-0.05, 0) is 36.6 Å². The molecule has 130 valence electrons. The van der Waals surface area contributed by atoms with E-state index in [1.165, 1.54) is 55.2 Å². The molecule has 0 unspecified atom stereocenters. The molecule has 0 atom stereocenters. The van der Waals surface area contributed by atoms with Gasteiger partial charge < -0.3 is 4.98 Å². The molecule has 0 spiro atoms. The Balaban J connectivity index is 1.89. The number of fused-ring (bicyclic) bond motifs is 3. The highest BCUT2D eigenvalue weighted by atomic mass is 14.7. The van der Waals surface area contributed by atoms with Gasteiger partial charge in [-0.2, -0.15) is 0 Å². The molecule has 0 bridgehead atoms. The van der Waals surface area contributed by atoms with E-state index in [0.29, 0.717) is 0 Å². The van der Waals surface area contributed by atoms with Crippen molar-refractivity contribution in [3.63, 3.8) is 0 Å². The summed E-state index contributed by atoms with van der Waals surface area (Å²) in [5.41, 5.74) is 9.97. The van der Waals surface area contributed by atoms with Gasteiger partial charge in [0.2, 0.25) is 0 Å². The van der Waals surface area contributed by atoms with Crippen molar-refractivity contribution in [1.29, 1.82) is 0 Å². The number of para-hydroxylation sites is 1. The second-order valence-electron chi connectivity index (χ2n) is 7.31. The number of hydrogen-bond acceptors (Lipinski definition) is 0. The van der Waals surface area contributed by atoms with Crippen molar-refractivity contribution >= 4 is 21.8 Å². The first kappa shape index (κ1) is 15.9. The van der Waals surface area contributed by atoms with Crippen LogP contribution in [0.1, 0.15) is 11.1 Å². The Hall–Kier alpha value is -3.32. The van der Waals surface area contributed by atoms with Crippen LogP contribution in [0, 0.1) is 13.8 Å². The van der Waals surface area contributed by atoms with Crippen LogP contribution in [0.15, 0.2) is 84.9 Å². The quantitative estimate of drug-likeness (QED) is 0.345. The molecule has 1 aromatic heterocycles. The molecule has 5 aromatic rings. The summed E-state index contributed by atoms with van der Waals surface area (Å²) in [7, 11) is 0. The van der Waals surface area contributed by atoms with E-state index in [0.717, 1.165) is 0 Å². The highest BCUT2D eigenvalue weighted by Gasteiger charge is 2.15. The summed E-state index contributed by atoms with van der Waals surface area (Å²) in [4.78, 5) is 3.68. The lowest BCUT2D eigenvalue weighted by atomic mass is 9.91. The van der Waals surface area contributed by atoms with E-state index in [-0.39, 0.29) is 0 Å². The van der Waals surface area contributed by atoms with Crippen LogP contribution in [0.5, 0.6) is 0 Å². The molecule has 4 aromatic carbocycles. The molecule has 5 rings (SSSR count). The average Bonchev–Trinajstić information content (AvgIpc) is 3.07. The molecule has 1 nitrogen and oxygen atoms in total. The minimum Gasteiger partial charge on any atom is -0.354 e. The number of aryl methyl sites for hydroxylation is 2. The summed E-state index contributed by atoms with van der Waals surface area (Å²) in [6.07, 6.45) is 0. The number of H-pyrrole nitrogens is 1. The summed E-state index contributed by atoms with van der Waals surface area (Å²) >= 11 is 0. The summed E-state index contributed by atoms with van der Waals surface area (Å²) in [5, 5.41) is 2.55. The monoisotopic (exact) mass is 347 g/mol. The predicted octanol–water partition coefficient (Wildman–Crippen LogP) is 7.27. The zero-order valence-electron chi connectivity index (χ0n) is 15.6. The number of rotatable bonds is 2. The smallest absolute Gasteiger partial charge is 0.0550 e. The third-order valence-corrected chi connectivity index (χ3v) is 5.39. The topological polar surface area (TPSA) is 15.8 Å². The van der Waals surface area contributed by atoms with Gasteiger partial charge in [-0.1, -0.05) is 90.0 Å². The van der Waals surface area contributed by atoms with E-state index >= 15 is 0 Å². The summed E-state index contributed by atoms with van der Waals surface area (Å²) in [6, 6.07) is 30.7. The number of nitrogens with one attached hydrogen (secondary N) is 1. The van der Waals surface area contributed by atoms with Crippen molar-refractivity contribution in [3.05, 3.63) is 96.1 Å². The molecule has 0 amide bonds. The second-order valence-corrected chi connectivity index (χ2v) is 7.31. The van der Waals surface area contributed by atoms with E-state index in [4.69, 9.17) is 0 Å². The van der Waals surface area contributed by atoms with Crippen LogP contribution in [-0.2, 0) is 0 Å². The van der Waals surface area contributed by atoms with Gasteiger partial charge in [-0.3, -0.25) is 0 Å². The predicted molar refractivity (Wildman–Crippen MR) is 116 cm³/mol. The van der Waals surface area contributed by atoms with Crippen LogP contribution in [-0.4, -0.2) is 4.98 Å². The number of benzene rings is 4. The Kier molecular flexibility index (Phi) is 3.61. The maximum Gasteiger partial charge on any atom is 0.0550 e. The van der Waals surface area contributed by atoms with Crippen LogP contribution in [0.4, 0.5) is 0 Å². The molecule has 0 fully saturated rings. The van der Waals surface area contributed by atoms with Gasteiger partial charge in [0, 0.05) is 21.9 Å². The maximum atomic E-state index is 3.68. The van der Waals surface area contributed by atoms with Gasteiger partial charge in [0.05, 0.1) is 5.52 Å². The summed E-state index contributed by atoms with van der Waals surface area (Å²) < 4.78 is 0. The number of aromatic amines is 1. The first-order valence-electron chi connectivity index (χ1n) is 9.38. The van der Waals surface area contributed by atoms with Gasteiger partial charge in [0.15, 0.2) is 0 Å². The Bertz CT molecular complexity index is 1260. The fraction of sp³-hybridized carbons (Fsp3) is 0.0769. The molecule has 27 heavy (non-hydrogen) atoms. The van der Waals surface area contributed by atoms with Gasteiger partial charge in [-0.15, -0.1) is 0 Å². The molecule has 0 aliphatic rings. The molecule has 0 radical (unpaired) electrons. The number of hydrogen-bond donors (Lipinski definition) is 1. The first-order chi connectivity index (χ1) is 13.2. The molecule has 0 aliphatic heterocycles. The Labute approximate surface area is 159 Å². The van der Waals surface area contributed by atoms with E-state index < -0.39 is 0 Å². The van der Waals surface area contributed by atoms with Gasteiger partial charge in [0.1, 0.15) is 0 Å². The minimum atomic E-state index is 1.18. The fourth-order valence-electron chi connectivity index (χ4n) is 3.91. The molecule has 1 N–H and O–H groups in total. The molecule has 1 heteroatoms. The largest absolute Gasteiger partial charge is 0.354 e. The minimum absolute atomic E-state index is 1.18. The van der Waals surface area contributed by atoms with Crippen molar-refractivity contribution in [1.82, 2.24) is 4.98 Å². The van der Waals surface area contributed by atoms with Gasteiger partial charge >= 0.3 is 0 Å². The van der Waals surface area contributed by atoms with Gasteiger partial charge in [0.25, 0.3) is 0 Å². The third-order valence-electron chi connectivity index (χ3n) is 5.39. The van der Waals surface area contributed by atoms with Crippen molar-refractivity contribution in [2.45, 2.75) is 13.8 Å². The second kappa shape index (κ2) is 6.14. The highest BCUT2D eigenvalue weighted by Crippen LogP contribution is 2.40. The average molecular weight is 347 g/mol. The molecule has 1 heterocycles. The van der Waals surface area contributed by atoms with E-state index in [1.807, 2.05) is 0 Å². The molecule has 0 aliphatic carbocycles. The van der Waals surface area contributed by atoms with Crippen molar-refractivity contribution in [2.24, 2.45) is 0 Å². The fourth-order valence-corrected chi connectivity index (χ4v) is 3.91. The zero-order valence-corrected chi connectivity index (χ0v) is 15.6. The van der Waals surface area contributed by atoms with Crippen LogP contribution < -0.4 is 0 Å². The standard InChI is InChI=1S/C26H21N/c1-17-7-11-19(12-8-17)21-15-16-23-22-5-3-4-6-24(22)27-26(23)25(21)20-13-9-18(2)10-14-20/h3-16,27H,1-2H3.